The molecule has 80 valence electrons. The molecule has 2 rings (SSSR count). The van der Waals surface area contributed by atoms with E-state index in [2.05, 4.69) is 0 Å². The largest absolute Gasteiger partial charge is 0.479 e. The van der Waals surface area contributed by atoms with Gasteiger partial charge < -0.3 is 10.2 Å². The Labute approximate surface area is 92.3 Å². The van der Waals surface area contributed by atoms with Gasteiger partial charge in [-0.25, -0.2) is 4.79 Å². The van der Waals surface area contributed by atoms with Gasteiger partial charge in [0.05, 0.1) is 0 Å². The van der Waals surface area contributed by atoms with Gasteiger partial charge in [0.15, 0.2) is 5.60 Å². The highest BCUT2D eigenvalue weighted by Gasteiger charge is 2.39. The molecule has 1 unspecified atom stereocenters. The average Bonchev–Trinajstić information content (AvgIpc) is 2.18. The number of rotatable bonds is 1. The molecule has 0 radical (unpaired) electrons. The van der Waals surface area contributed by atoms with Crippen LogP contribution in [0.3, 0.4) is 0 Å². The molecule has 0 spiro atoms. The van der Waals surface area contributed by atoms with E-state index in [9.17, 15) is 9.90 Å². The Bertz CT molecular complexity index is 416. The van der Waals surface area contributed by atoms with Crippen molar-refractivity contribution in [2.45, 2.75) is 24.9 Å². The molecule has 1 aromatic carbocycles. The number of hydrogen-bond donors (Lipinski definition) is 2. The lowest BCUT2D eigenvalue weighted by Crippen LogP contribution is -2.43. The standard InChI is InChI=1S/C11H11ClO3/c12-9-2-1-8-6-11(15,10(13)14)4-3-7(8)5-9/h1-2,5,15H,3-4,6H2,(H,13,14). The zero-order valence-electron chi connectivity index (χ0n) is 8.03. The number of benzene rings is 1. The van der Waals surface area contributed by atoms with Crippen molar-refractivity contribution in [3.05, 3.63) is 34.3 Å². The van der Waals surface area contributed by atoms with Gasteiger partial charge >= 0.3 is 5.97 Å². The van der Waals surface area contributed by atoms with Crippen LogP contribution in [0, 0.1) is 0 Å². The second kappa shape index (κ2) is 3.51. The highest BCUT2D eigenvalue weighted by Crippen LogP contribution is 2.30. The second-order valence-corrected chi connectivity index (χ2v) is 4.36. The van der Waals surface area contributed by atoms with Crippen LogP contribution in [0.2, 0.25) is 5.02 Å². The maximum atomic E-state index is 10.9. The van der Waals surface area contributed by atoms with Gasteiger partial charge in [-0.3, -0.25) is 0 Å². The van der Waals surface area contributed by atoms with E-state index in [0.717, 1.165) is 11.1 Å². The number of hydrogen-bond acceptors (Lipinski definition) is 2. The van der Waals surface area contributed by atoms with Crippen molar-refractivity contribution in [2.24, 2.45) is 0 Å². The van der Waals surface area contributed by atoms with Crippen molar-refractivity contribution in [1.29, 1.82) is 0 Å². The lowest BCUT2D eigenvalue weighted by Gasteiger charge is -2.29. The smallest absolute Gasteiger partial charge is 0.336 e. The van der Waals surface area contributed by atoms with Crippen LogP contribution < -0.4 is 0 Å². The van der Waals surface area contributed by atoms with E-state index in [4.69, 9.17) is 16.7 Å². The Morgan fingerprint density at radius 1 is 1.40 bits per heavy atom. The Balaban J connectivity index is 2.35. The Morgan fingerprint density at radius 3 is 2.80 bits per heavy atom. The van der Waals surface area contributed by atoms with E-state index >= 15 is 0 Å². The number of aliphatic hydroxyl groups is 1. The summed E-state index contributed by atoms with van der Waals surface area (Å²) < 4.78 is 0. The first kappa shape index (κ1) is 10.5. The molecule has 0 saturated heterocycles. The van der Waals surface area contributed by atoms with Crippen LogP contribution in [-0.2, 0) is 17.6 Å². The van der Waals surface area contributed by atoms with Crippen LogP contribution in [0.15, 0.2) is 18.2 Å². The van der Waals surface area contributed by atoms with Gasteiger partial charge in [0, 0.05) is 11.4 Å². The molecule has 0 amide bonds. The molecule has 0 fully saturated rings. The van der Waals surface area contributed by atoms with E-state index in [1.54, 1.807) is 12.1 Å². The summed E-state index contributed by atoms with van der Waals surface area (Å²) in [6.45, 7) is 0. The summed E-state index contributed by atoms with van der Waals surface area (Å²) in [5.41, 5.74) is 0.296. The van der Waals surface area contributed by atoms with E-state index in [0.29, 0.717) is 11.4 Å². The zero-order chi connectivity index (χ0) is 11.1. The van der Waals surface area contributed by atoms with Gasteiger partial charge in [-0.1, -0.05) is 17.7 Å². The number of carboxylic acids is 1. The molecule has 0 saturated carbocycles. The third-order valence-electron chi connectivity index (χ3n) is 2.86. The molecule has 3 nitrogen and oxygen atoms in total. The van der Waals surface area contributed by atoms with Crippen LogP contribution in [-0.4, -0.2) is 21.8 Å². The van der Waals surface area contributed by atoms with E-state index in [1.165, 1.54) is 0 Å². The minimum absolute atomic E-state index is 0.162. The number of halogens is 1. The maximum absolute atomic E-state index is 10.9. The van der Waals surface area contributed by atoms with Gasteiger partial charge in [0.2, 0.25) is 0 Å². The van der Waals surface area contributed by atoms with Crippen molar-refractivity contribution in [3.63, 3.8) is 0 Å². The van der Waals surface area contributed by atoms with Gasteiger partial charge in [-0.15, -0.1) is 0 Å². The molecular formula is C11H11ClO3. The first-order chi connectivity index (χ1) is 7.01. The van der Waals surface area contributed by atoms with Crippen LogP contribution in [0.4, 0.5) is 0 Å². The molecular weight excluding hydrogens is 216 g/mol. The molecule has 1 aliphatic carbocycles. The quantitative estimate of drug-likeness (QED) is 0.766. The minimum Gasteiger partial charge on any atom is -0.479 e. The van der Waals surface area contributed by atoms with Gasteiger partial charge in [-0.05, 0) is 36.1 Å². The predicted molar refractivity (Wildman–Crippen MR) is 56.1 cm³/mol. The molecule has 0 aromatic heterocycles. The highest BCUT2D eigenvalue weighted by molar-refractivity contribution is 6.30. The number of aryl methyl sites for hydroxylation is 1. The molecule has 1 aromatic rings. The maximum Gasteiger partial charge on any atom is 0.336 e. The highest BCUT2D eigenvalue weighted by atomic mass is 35.5. The number of aliphatic carboxylic acids is 1. The topological polar surface area (TPSA) is 57.5 Å². The van der Waals surface area contributed by atoms with Gasteiger partial charge in [-0.2, -0.15) is 0 Å². The van der Waals surface area contributed by atoms with Gasteiger partial charge in [0.25, 0.3) is 0 Å². The molecule has 0 aliphatic heterocycles. The lowest BCUT2D eigenvalue weighted by molar-refractivity contribution is -0.159. The van der Waals surface area contributed by atoms with E-state index in [-0.39, 0.29) is 12.8 Å². The Kier molecular flexibility index (Phi) is 2.44. The fourth-order valence-corrected chi connectivity index (χ4v) is 2.12. The Morgan fingerprint density at radius 2 is 2.13 bits per heavy atom. The lowest BCUT2D eigenvalue weighted by atomic mass is 9.80. The van der Waals surface area contributed by atoms with Crippen LogP contribution >= 0.6 is 11.6 Å². The molecule has 1 aliphatic rings. The molecule has 15 heavy (non-hydrogen) atoms. The van der Waals surface area contributed by atoms with E-state index < -0.39 is 11.6 Å². The molecule has 1 atom stereocenters. The SMILES string of the molecule is O=C(O)C1(O)CCc2cc(Cl)ccc2C1. The van der Waals surface area contributed by atoms with Crippen LogP contribution in [0.5, 0.6) is 0 Å². The monoisotopic (exact) mass is 226 g/mol. The summed E-state index contributed by atoms with van der Waals surface area (Å²) in [5, 5.41) is 19.4. The zero-order valence-corrected chi connectivity index (χ0v) is 8.79. The summed E-state index contributed by atoms with van der Waals surface area (Å²) in [6.07, 6.45) is 0.962. The fraction of sp³-hybridized carbons (Fsp3) is 0.364. The number of carboxylic acid groups (broad SMARTS) is 1. The molecule has 0 bridgehead atoms. The summed E-state index contributed by atoms with van der Waals surface area (Å²) in [7, 11) is 0. The first-order valence-electron chi connectivity index (χ1n) is 4.74. The summed E-state index contributed by atoms with van der Waals surface area (Å²) in [5.74, 6) is -1.15. The summed E-state index contributed by atoms with van der Waals surface area (Å²) >= 11 is 5.83. The summed E-state index contributed by atoms with van der Waals surface area (Å²) in [4.78, 5) is 10.9. The third kappa shape index (κ3) is 1.85. The summed E-state index contributed by atoms with van der Waals surface area (Å²) in [6, 6.07) is 5.33. The van der Waals surface area contributed by atoms with Crippen molar-refractivity contribution < 1.29 is 15.0 Å². The number of carbonyl (C=O) groups is 1. The van der Waals surface area contributed by atoms with E-state index in [1.807, 2.05) is 6.07 Å². The fourth-order valence-electron chi connectivity index (χ4n) is 1.93. The van der Waals surface area contributed by atoms with Crippen LogP contribution in [0.25, 0.3) is 0 Å². The number of fused-ring (bicyclic) bond motifs is 1. The molecule has 2 N–H and O–H groups in total. The third-order valence-corrected chi connectivity index (χ3v) is 3.09. The van der Waals surface area contributed by atoms with Crippen molar-refractivity contribution in [1.82, 2.24) is 0 Å². The first-order valence-corrected chi connectivity index (χ1v) is 5.12. The molecule has 0 heterocycles. The molecule has 4 heteroatoms. The van der Waals surface area contributed by atoms with Crippen molar-refractivity contribution >= 4 is 17.6 Å². The minimum atomic E-state index is -1.61. The second-order valence-electron chi connectivity index (χ2n) is 3.93. The van der Waals surface area contributed by atoms with Crippen molar-refractivity contribution in [3.8, 4) is 0 Å². The van der Waals surface area contributed by atoms with Gasteiger partial charge in [0.1, 0.15) is 0 Å². The predicted octanol–water partition coefficient (Wildman–Crippen LogP) is 1.64. The Hall–Kier alpha value is -1.06. The normalized spacial score (nSPS) is 24.7. The van der Waals surface area contributed by atoms with Crippen molar-refractivity contribution in [2.75, 3.05) is 0 Å². The van der Waals surface area contributed by atoms with Crippen LogP contribution in [0.1, 0.15) is 17.5 Å². The average molecular weight is 227 g/mol.